The van der Waals surface area contributed by atoms with Gasteiger partial charge in [0.15, 0.2) is 16.2 Å². The maximum atomic E-state index is 6.29. The van der Waals surface area contributed by atoms with Crippen LogP contribution < -0.4 is 9.47 Å². The molecule has 0 radical (unpaired) electrons. The van der Waals surface area contributed by atoms with Crippen molar-refractivity contribution in [3.8, 4) is 11.5 Å². The van der Waals surface area contributed by atoms with E-state index >= 15 is 0 Å². The van der Waals surface area contributed by atoms with Crippen LogP contribution in [0, 0.1) is 0 Å². The van der Waals surface area contributed by atoms with Crippen molar-refractivity contribution in [1.29, 1.82) is 0 Å². The lowest BCUT2D eigenvalue weighted by molar-refractivity contribution is 0.171. The van der Waals surface area contributed by atoms with Crippen LogP contribution in [0.4, 0.5) is 0 Å². The van der Waals surface area contributed by atoms with E-state index in [1.807, 2.05) is 18.2 Å². The van der Waals surface area contributed by atoms with Gasteiger partial charge in [0.2, 0.25) is 0 Å². The minimum absolute atomic E-state index is 0.137. The van der Waals surface area contributed by atoms with Crippen LogP contribution in [0.15, 0.2) is 33.4 Å². The van der Waals surface area contributed by atoms with Crippen molar-refractivity contribution in [2.24, 2.45) is 0 Å². The van der Waals surface area contributed by atoms with Gasteiger partial charge in [0, 0.05) is 11.1 Å². The lowest BCUT2D eigenvalue weighted by Crippen LogP contribution is -2.15. The van der Waals surface area contributed by atoms with Gasteiger partial charge in [-0.15, -0.1) is 0 Å². The fraction of sp³-hybridized carbons (Fsp3) is 0.231. The van der Waals surface area contributed by atoms with Crippen LogP contribution in [0.25, 0.3) is 0 Å². The van der Waals surface area contributed by atoms with Crippen LogP contribution >= 0.6 is 43.5 Å². The molecule has 100 valence electrons. The molecule has 3 nitrogen and oxygen atoms in total. The van der Waals surface area contributed by atoms with Crippen molar-refractivity contribution in [2.75, 3.05) is 13.2 Å². The van der Waals surface area contributed by atoms with E-state index in [-0.39, 0.29) is 4.83 Å². The van der Waals surface area contributed by atoms with Crippen LogP contribution in [-0.2, 0) is 0 Å². The standard InChI is InChI=1S/C13H9Br2ClO3/c14-12-2-1-9(19-12)13(15)7-5-10-11(6-8(7)16)18-4-3-17-10/h1-2,5-6,13H,3-4H2. The number of hydrogen-bond donors (Lipinski definition) is 0. The highest BCUT2D eigenvalue weighted by atomic mass is 79.9. The second-order valence-electron chi connectivity index (χ2n) is 4.02. The summed E-state index contributed by atoms with van der Waals surface area (Å²) in [7, 11) is 0. The fourth-order valence-electron chi connectivity index (χ4n) is 1.89. The van der Waals surface area contributed by atoms with Gasteiger partial charge < -0.3 is 13.9 Å². The first-order valence-electron chi connectivity index (χ1n) is 5.63. The molecule has 1 aromatic heterocycles. The Labute approximate surface area is 132 Å². The number of rotatable bonds is 2. The fourth-order valence-corrected chi connectivity index (χ4v) is 3.23. The van der Waals surface area contributed by atoms with Gasteiger partial charge in [-0.25, -0.2) is 0 Å². The molecule has 1 atom stereocenters. The highest BCUT2D eigenvalue weighted by molar-refractivity contribution is 9.10. The predicted octanol–water partition coefficient (Wildman–Crippen LogP) is 4.95. The van der Waals surface area contributed by atoms with Gasteiger partial charge in [-0.1, -0.05) is 27.5 Å². The van der Waals surface area contributed by atoms with E-state index < -0.39 is 0 Å². The maximum Gasteiger partial charge on any atom is 0.169 e. The summed E-state index contributed by atoms with van der Waals surface area (Å²) >= 11 is 13.2. The highest BCUT2D eigenvalue weighted by Gasteiger charge is 2.22. The summed E-state index contributed by atoms with van der Waals surface area (Å²) in [6.45, 7) is 1.10. The highest BCUT2D eigenvalue weighted by Crippen LogP contribution is 2.42. The average Bonchev–Trinajstić information content (AvgIpc) is 2.84. The molecule has 0 spiro atoms. The van der Waals surface area contributed by atoms with E-state index in [1.54, 1.807) is 6.07 Å². The summed E-state index contributed by atoms with van der Waals surface area (Å²) in [5, 5.41) is 0.610. The molecule has 2 heterocycles. The van der Waals surface area contributed by atoms with E-state index in [1.165, 1.54) is 0 Å². The molecule has 0 amide bonds. The van der Waals surface area contributed by atoms with Crippen molar-refractivity contribution >= 4 is 43.5 Å². The number of ether oxygens (including phenoxy) is 2. The molecule has 0 saturated heterocycles. The Kier molecular flexibility index (Phi) is 3.78. The van der Waals surface area contributed by atoms with Crippen LogP contribution in [0.3, 0.4) is 0 Å². The summed E-state index contributed by atoms with van der Waals surface area (Å²) in [5.41, 5.74) is 0.882. The van der Waals surface area contributed by atoms with Crippen LogP contribution in [0.2, 0.25) is 5.02 Å². The number of furan rings is 1. The minimum Gasteiger partial charge on any atom is -0.486 e. The Balaban J connectivity index is 2.00. The maximum absolute atomic E-state index is 6.29. The average molecular weight is 408 g/mol. The molecule has 1 aliphatic rings. The molecule has 3 rings (SSSR count). The zero-order valence-electron chi connectivity index (χ0n) is 9.66. The number of benzene rings is 1. The van der Waals surface area contributed by atoms with Gasteiger partial charge in [0.1, 0.15) is 19.0 Å². The number of fused-ring (bicyclic) bond motifs is 1. The van der Waals surface area contributed by atoms with Gasteiger partial charge in [-0.2, -0.15) is 0 Å². The molecule has 1 unspecified atom stereocenters. The SMILES string of the molecule is Clc1cc2c(cc1C(Br)c1ccc(Br)o1)OCCO2. The topological polar surface area (TPSA) is 31.6 Å². The molecule has 1 aromatic carbocycles. The van der Waals surface area contributed by atoms with Crippen molar-refractivity contribution in [1.82, 2.24) is 0 Å². The van der Waals surface area contributed by atoms with Gasteiger partial charge >= 0.3 is 0 Å². The number of halogens is 3. The monoisotopic (exact) mass is 406 g/mol. The molecule has 0 fully saturated rings. The van der Waals surface area contributed by atoms with Crippen molar-refractivity contribution in [3.63, 3.8) is 0 Å². The van der Waals surface area contributed by atoms with Gasteiger partial charge in [0.05, 0.1) is 4.83 Å². The van der Waals surface area contributed by atoms with Gasteiger partial charge in [0.25, 0.3) is 0 Å². The molecule has 19 heavy (non-hydrogen) atoms. The summed E-state index contributed by atoms with van der Waals surface area (Å²) in [6, 6.07) is 7.39. The molecule has 0 saturated carbocycles. The Morgan fingerprint density at radius 1 is 1.11 bits per heavy atom. The molecule has 0 aliphatic carbocycles. The summed E-state index contributed by atoms with van der Waals surface area (Å²) in [4.78, 5) is -0.137. The first kappa shape index (κ1) is 13.3. The summed E-state index contributed by atoms with van der Waals surface area (Å²) in [5.74, 6) is 2.16. The van der Waals surface area contributed by atoms with E-state index in [4.69, 9.17) is 25.5 Å². The Morgan fingerprint density at radius 2 is 1.79 bits per heavy atom. The smallest absolute Gasteiger partial charge is 0.169 e. The molecule has 0 N–H and O–H groups in total. The summed E-state index contributed by atoms with van der Waals surface area (Å²) < 4.78 is 17.3. The molecular weight excluding hydrogens is 399 g/mol. The third-order valence-electron chi connectivity index (χ3n) is 2.78. The number of alkyl halides is 1. The van der Waals surface area contributed by atoms with E-state index in [2.05, 4.69) is 31.9 Å². The normalized spacial score (nSPS) is 15.3. The zero-order valence-corrected chi connectivity index (χ0v) is 13.6. The Bertz CT molecular complexity index is 612. The first-order valence-corrected chi connectivity index (χ1v) is 7.72. The second kappa shape index (κ2) is 5.38. The molecular formula is C13H9Br2ClO3. The third-order valence-corrected chi connectivity index (χ3v) is 4.48. The third kappa shape index (κ3) is 2.64. The minimum atomic E-state index is -0.137. The lowest BCUT2D eigenvalue weighted by Gasteiger charge is -2.20. The van der Waals surface area contributed by atoms with Gasteiger partial charge in [-0.3, -0.25) is 0 Å². The molecule has 0 bridgehead atoms. The van der Waals surface area contributed by atoms with E-state index in [0.29, 0.717) is 34.4 Å². The second-order valence-corrected chi connectivity index (χ2v) is 6.13. The van der Waals surface area contributed by atoms with Crippen molar-refractivity contribution in [3.05, 3.63) is 45.3 Å². The zero-order chi connectivity index (χ0) is 13.4. The van der Waals surface area contributed by atoms with Crippen LogP contribution in [0.5, 0.6) is 11.5 Å². The summed E-state index contributed by atoms with van der Waals surface area (Å²) in [6.07, 6.45) is 0. The number of hydrogen-bond acceptors (Lipinski definition) is 3. The largest absolute Gasteiger partial charge is 0.486 e. The first-order chi connectivity index (χ1) is 9.15. The van der Waals surface area contributed by atoms with Crippen LogP contribution in [-0.4, -0.2) is 13.2 Å². The van der Waals surface area contributed by atoms with Gasteiger partial charge in [-0.05, 0) is 39.7 Å². The lowest BCUT2D eigenvalue weighted by atomic mass is 10.1. The quantitative estimate of drug-likeness (QED) is 0.659. The molecule has 1 aliphatic heterocycles. The van der Waals surface area contributed by atoms with E-state index in [9.17, 15) is 0 Å². The molecule has 2 aromatic rings. The molecule has 6 heteroatoms. The van der Waals surface area contributed by atoms with Crippen molar-refractivity contribution in [2.45, 2.75) is 4.83 Å². The van der Waals surface area contributed by atoms with Crippen LogP contribution in [0.1, 0.15) is 16.2 Å². The predicted molar refractivity (Wildman–Crippen MR) is 79.6 cm³/mol. The Hall–Kier alpha value is -0.650. The van der Waals surface area contributed by atoms with Crippen molar-refractivity contribution < 1.29 is 13.9 Å². The van der Waals surface area contributed by atoms with E-state index in [0.717, 1.165) is 11.3 Å². The Morgan fingerprint density at radius 3 is 2.42 bits per heavy atom.